The van der Waals surface area contributed by atoms with E-state index >= 15 is 0 Å². The molecule has 21 heavy (non-hydrogen) atoms. The highest BCUT2D eigenvalue weighted by Crippen LogP contribution is 2.23. The molecule has 1 aromatic heterocycles. The van der Waals surface area contributed by atoms with Gasteiger partial charge in [0.25, 0.3) is 5.89 Å². The van der Waals surface area contributed by atoms with E-state index < -0.39 is 0 Å². The van der Waals surface area contributed by atoms with E-state index in [9.17, 15) is 0 Å². The van der Waals surface area contributed by atoms with Gasteiger partial charge in [0.15, 0.2) is 5.82 Å². The van der Waals surface area contributed by atoms with Crippen LogP contribution >= 0.6 is 23.2 Å². The smallest absolute Gasteiger partial charge is 0.257 e. The summed E-state index contributed by atoms with van der Waals surface area (Å²) in [7, 11) is 0. The summed E-state index contributed by atoms with van der Waals surface area (Å²) in [4.78, 5) is 4.33. The standard InChI is InChI=1S/C15H11Cl2N3O/c16-11-6-12(17)8-13(7-11)18-9-14-19-15(21-20-14)10-4-2-1-3-5-10/h1-8,18H,9H2. The van der Waals surface area contributed by atoms with Crippen molar-refractivity contribution >= 4 is 28.9 Å². The molecule has 0 saturated heterocycles. The van der Waals surface area contributed by atoms with Gasteiger partial charge < -0.3 is 9.84 Å². The van der Waals surface area contributed by atoms with Gasteiger partial charge in [-0.1, -0.05) is 46.6 Å². The van der Waals surface area contributed by atoms with Crippen molar-refractivity contribution in [2.45, 2.75) is 6.54 Å². The van der Waals surface area contributed by atoms with Gasteiger partial charge in [-0.3, -0.25) is 0 Å². The van der Waals surface area contributed by atoms with Crippen LogP contribution in [0.4, 0.5) is 5.69 Å². The Balaban J connectivity index is 1.70. The Labute approximate surface area is 131 Å². The highest BCUT2D eigenvalue weighted by molar-refractivity contribution is 6.35. The van der Waals surface area contributed by atoms with E-state index in [2.05, 4.69) is 15.5 Å². The normalized spacial score (nSPS) is 10.6. The lowest BCUT2D eigenvalue weighted by molar-refractivity contribution is 0.423. The first-order valence-corrected chi connectivity index (χ1v) is 7.04. The lowest BCUT2D eigenvalue weighted by Gasteiger charge is -2.04. The summed E-state index contributed by atoms with van der Waals surface area (Å²) in [5.41, 5.74) is 1.70. The molecule has 0 radical (unpaired) electrons. The van der Waals surface area contributed by atoms with E-state index in [4.69, 9.17) is 27.7 Å². The van der Waals surface area contributed by atoms with E-state index in [0.29, 0.717) is 28.3 Å². The van der Waals surface area contributed by atoms with Crippen molar-refractivity contribution in [1.82, 2.24) is 10.1 Å². The molecule has 1 heterocycles. The van der Waals surface area contributed by atoms with Crippen LogP contribution in [-0.4, -0.2) is 10.1 Å². The predicted molar refractivity (Wildman–Crippen MR) is 83.5 cm³/mol. The average molecular weight is 320 g/mol. The van der Waals surface area contributed by atoms with Gasteiger partial charge in [-0.25, -0.2) is 0 Å². The van der Waals surface area contributed by atoms with E-state index in [1.54, 1.807) is 18.2 Å². The van der Waals surface area contributed by atoms with Crippen LogP contribution in [0.25, 0.3) is 11.5 Å². The first kappa shape index (κ1) is 13.9. The van der Waals surface area contributed by atoms with Crippen molar-refractivity contribution in [3.63, 3.8) is 0 Å². The van der Waals surface area contributed by atoms with Crippen LogP contribution in [0.5, 0.6) is 0 Å². The molecule has 2 aromatic carbocycles. The molecule has 0 aliphatic heterocycles. The molecule has 0 spiro atoms. The Morgan fingerprint density at radius 3 is 2.43 bits per heavy atom. The fourth-order valence-corrected chi connectivity index (χ4v) is 2.39. The quantitative estimate of drug-likeness (QED) is 0.760. The largest absolute Gasteiger partial charge is 0.378 e. The van der Waals surface area contributed by atoms with Gasteiger partial charge in [-0.2, -0.15) is 4.98 Å². The van der Waals surface area contributed by atoms with Gasteiger partial charge >= 0.3 is 0 Å². The van der Waals surface area contributed by atoms with Crippen molar-refractivity contribution < 1.29 is 4.52 Å². The maximum absolute atomic E-state index is 5.94. The second-order valence-corrected chi connectivity index (χ2v) is 5.27. The molecular weight excluding hydrogens is 309 g/mol. The van der Waals surface area contributed by atoms with Gasteiger partial charge in [0.1, 0.15) is 0 Å². The van der Waals surface area contributed by atoms with Crippen molar-refractivity contribution in [1.29, 1.82) is 0 Å². The summed E-state index contributed by atoms with van der Waals surface area (Å²) in [5.74, 6) is 1.06. The minimum Gasteiger partial charge on any atom is -0.378 e. The second kappa shape index (κ2) is 6.16. The van der Waals surface area contributed by atoms with E-state index in [1.165, 1.54) is 0 Å². The van der Waals surface area contributed by atoms with Crippen LogP contribution in [0.15, 0.2) is 53.1 Å². The van der Waals surface area contributed by atoms with Crippen LogP contribution in [0.3, 0.4) is 0 Å². The van der Waals surface area contributed by atoms with Crippen LogP contribution in [0, 0.1) is 0 Å². The SMILES string of the molecule is Clc1cc(Cl)cc(NCc2noc(-c3ccccc3)n2)c1. The third kappa shape index (κ3) is 3.54. The molecule has 4 nitrogen and oxygen atoms in total. The molecule has 0 unspecified atom stereocenters. The van der Waals surface area contributed by atoms with Gasteiger partial charge in [0.05, 0.1) is 6.54 Å². The van der Waals surface area contributed by atoms with Crippen molar-refractivity contribution in [3.05, 3.63) is 64.4 Å². The third-order valence-corrected chi connectivity index (χ3v) is 3.24. The highest BCUT2D eigenvalue weighted by atomic mass is 35.5. The topological polar surface area (TPSA) is 51.0 Å². The zero-order chi connectivity index (χ0) is 14.7. The number of nitrogens with zero attached hydrogens (tertiary/aromatic N) is 2. The molecule has 0 atom stereocenters. The number of anilines is 1. The summed E-state index contributed by atoms with van der Waals surface area (Å²) < 4.78 is 5.23. The van der Waals surface area contributed by atoms with Crippen LogP contribution in [-0.2, 0) is 6.54 Å². The maximum Gasteiger partial charge on any atom is 0.257 e. The van der Waals surface area contributed by atoms with Crippen LogP contribution in [0.2, 0.25) is 10.0 Å². The number of rotatable bonds is 4. The molecule has 0 amide bonds. The second-order valence-electron chi connectivity index (χ2n) is 4.39. The summed E-state index contributed by atoms with van der Waals surface area (Å²) in [6.07, 6.45) is 0. The predicted octanol–water partition coefficient (Wildman–Crippen LogP) is 4.66. The molecule has 3 aromatic rings. The summed E-state index contributed by atoms with van der Waals surface area (Å²) in [6, 6.07) is 14.9. The Morgan fingerprint density at radius 1 is 1.00 bits per heavy atom. The molecule has 3 rings (SSSR count). The Morgan fingerprint density at radius 2 is 1.71 bits per heavy atom. The number of halogens is 2. The molecule has 1 N–H and O–H groups in total. The summed E-state index contributed by atoms with van der Waals surface area (Å²) in [5, 5.41) is 8.24. The Hall–Kier alpha value is -2.04. The molecule has 0 aliphatic rings. The minimum atomic E-state index is 0.424. The van der Waals surface area contributed by atoms with E-state index in [-0.39, 0.29) is 0 Å². The first-order valence-electron chi connectivity index (χ1n) is 6.29. The lowest BCUT2D eigenvalue weighted by Crippen LogP contribution is -2.01. The number of nitrogens with one attached hydrogen (secondary N) is 1. The first-order chi connectivity index (χ1) is 10.2. The maximum atomic E-state index is 5.94. The average Bonchev–Trinajstić information content (AvgIpc) is 2.94. The Kier molecular flexibility index (Phi) is 4.08. The highest BCUT2D eigenvalue weighted by Gasteiger charge is 2.08. The van der Waals surface area contributed by atoms with E-state index in [0.717, 1.165) is 11.3 Å². The van der Waals surface area contributed by atoms with Gasteiger partial charge in [0, 0.05) is 21.3 Å². The fourth-order valence-electron chi connectivity index (χ4n) is 1.86. The molecule has 6 heteroatoms. The molecule has 0 bridgehead atoms. The molecule has 106 valence electrons. The molecule has 0 fully saturated rings. The van der Waals surface area contributed by atoms with Crippen LogP contribution < -0.4 is 5.32 Å². The summed E-state index contributed by atoms with van der Waals surface area (Å²) >= 11 is 11.9. The van der Waals surface area contributed by atoms with E-state index in [1.807, 2.05) is 30.3 Å². The molecule has 0 saturated carbocycles. The Bertz CT molecular complexity index is 723. The monoisotopic (exact) mass is 319 g/mol. The van der Waals surface area contributed by atoms with Gasteiger partial charge in [-0.15, -0.1) is 0 Å². The zero-order valence-electron chi connectivity index (χ0n) is 10.9. The number of aromatic nitrogens is 2. The van der Waals surface area contributed by atoms with Crippen molar-refractivity contribution in [2.24, 2.45) is 0 Å². The van der Waals surface area contributed by atoms with Gasteiger partial charge in [-0.05, 0) is 30.3 Å². The lowest BCUT2D eigenvalue weighted by atomic mass is 10.2. The van der Waals surface area contributed by atoms with Crippen molar-refractivity contribution in [3.8, 4) is 11.5 Å². The van der Waals surface area contributed by atoms with Crippen LogP contribution in [0.1, 0.15) is 5.82 Å². The minimum absolute atomic E-state index is 0.424. The molecule has 0 aliphatic carbocycles. The number of hydrogen-bond donors (Lipinski definition) is 1. The number of hydrogen-bond acceptors (Lipinski definition) is 4. The van der Waals surface area contributed by atoms with Crippen molar-refractivity contribution in [2.75, 3.05) is 5.32 Å². The summed E-state index contributed by atoms with van der Waals surface area (Å²) in [6.45, 7) is 0.424. The third-order valence-electron chi connectivity index (χ3n) is 2.80. The number of benzene rings is 2. The zero-order valence-corrected chi connectivity index (χ0v) is 12.4. The fraction of sp³-hybridized carbons (Fsp3) is 0.0667. The van der Waals surface area contributed by atoms with Gasteiger partial charge in [0.2, 0.25) is 0 Å². The molecular formula is C15H11Cl2N3O.